The van der Waals surface area contributed by atoms with Crippen molar-refractivity contribution in [3.05, 3.63) is 35.0 Å². The quantitative estimate of drug-likeness (QED) is 0.498. The van der Waals surface area contributed by atoms with Gasteiger partial charge in [-0.25, -0.2) is 0 Å². The molecule has 1 heterocycles. The lowest BCUT2D eigenvalue weighted by atomic mass is 10.1. The van der Waals surface area contributed by atoms with Crippen LogP contribution < -0.4 is 0 Å². The molecule has 0 N–H and O–H groups in total. The first-order valence-electron chi connectivity index (χ1n) is 3.46. The number of Topliss-reactive ketones (excluding diaryl/α,β-unsaturated/α-hetero) is 1. The summed E-state index contributed by atoms with van der Waals surface area (Å²) in [6.07, 6.45) is 1.67. The van der Waals surface area contributed by atoms with Crippen molar-refractivity contribution in [2.24, 2.45) is 5.92 Å². The van der Waals surface area contributed by atoms with Crippen molar-refractivity contribution < 1.29 is 4.79 Å². The van der Waals surface area contributed by atoms with Crippen LogP contribution in [0.3, 0.4) is 0 Å². The largest absolute Gasteiger partial charge is 0.293 e. The normalized spacial score (nSPS) is 12.5. The van der Waals surface area contributed by atoms with Crippen LogP contribution in [0.2, 0.25) is 0 Å². The Bertz CT molecular complexity index is 249. The Morgan fingerprint density at radius 1 is 1.82 bits per heavy atom. The van der Waals surface area contributed by atoms with Gasteiger partial charge in [-0.1, -0.05) is 19.1 Å². The molecular weight excluding hydrogens is 156 g/mol. The highest BCUT2D eigenvalue weighted by Crippen LogP contribution is 2.14. The zero-order chi connectivity index (χ0) is 8.27. The number of carbonyl (C=O) groups excluding carboxylic acids is 1. The maximum Gasteiger partial charge on any atom is 0.179 e. The Balaban J connectivity index is 2.78. The minimum atomic E-state index is -0.0614. The molecule has 11 heavy (non-hydrogen) atoms. The van der Waals surface area contributed by atoms with Crippen LogP contribution in [0.15, 0.2) is 30.2 Å². The van der Waals surface area contributed by atoms with Crippen molar-refractivity contribution in [3.63, 3.8) is 0 Å². The molecular formula is C9H10OS. The van der Waals surface area contributed by atoms with Crippen molar-refractivity contribution >= 4 is 17.1 Å². The molecule has 1 aromatic rings. The van der Waals surface area contributed by atoms with Gasteiger partial charge in [-0.2, -0.15) is 0 Å². The second kappa shape index (κ2) is 3.49. The second-order valence-electron chi connectivity index (χ2n) is 2.37. The zero-order valence-corrected chi connectivity index (χ0v) is 7.23. The number of ketones is 1. The third-order valence-corrected chi connectivity index (χ3v) is 2.42. The Labute approximate surface area is 70.4 Å². The van der Waals surface area contributed by atoms with Crippen LogP contribution in [-0.4, -0.2) is 5.78 Å². The summed E-state index contributed by atoms with van der Waals surface area (Å²) in [6, 6.07) is 3.72. The van der Waals surface area contributed by atoms with Gasteiger partial charge >= 0.3 is 0 Å². The van der Waals surface area contributed by atoms with E-state index in [9.17, 15) is 4.79 Å². The van der Waals surface area contributed by atoms with Gasteiger partial charge in [0.2, 0.25) is 0 Å². The van der Waals surface area contributed by atoms with E-state index in [1.165, 1.54) is 11.3 Å². The van der Waals surface area contributed by atoms with Crippen molar-refractivity contribution in [2.45, 2.75) is 6.92 Å². The summed E-state index contributed by atoms with van der Waals surface area (Å²) in [5.41, 5.74) is 0. The molecule has 0 aliphatic heterocycles. The topological polar surface area (TPSA) is 17.1 Å². The minimum Gasteiger partial charge on any atom is -0.293 e. The van der Waals surface area contributed by atoms with E-state index < -0.39 is 0 Å². The standard InChI is InChI=1S/C9H10OS/c1-3-7(2)9(10)8-5-4-6-11-8/h3-7H,1H2,2H3. The van der Waals surface area contributed by atoms with Gasteiger partial charge in [-0.3, -0.25) is 4.79 Å². The lowest BCUT2D eigenvalue weighted by molar-refractivity contribution is 0.0957. The van der Waals surface area contributed by atoms with Crippen molar-refractivity contribution in [3.8, 4) is 0 Å². The van der Waals surface area contributed by atoms with E-state index in [-0.39, 0.29) is 11.7 Å². The first-order valence-corrected chi connectivity index (χ1v) is 4.34. The fourth-order valence-electron chi connectivity index (χ4n) is 0.750. The monoisotopic (exact) mass is 166 g/mol. The summed E-state index contributed by atoms with van der Waals surface area (Å²) in [4.78, 5) is 12.2. The molecule has 0 fully saturated rings. The molecule has 0 amide bonds. The molecule has 58 valence electrons. The van der Waals surface area contributed by atoms with E-state index in [2.05, 4.69) is 6.58 Å². The summed E-state index contributed by atoms with van der Waals surface area (Å²) >= 11 is 1.48. The highest BCUT2D eigenvalue weighted by molar-refractivity contribution is 7.12. The lowest BCUT2D eigenvalue weighted by Gasteiger charge is -2.00. The predicted octanol–water partition coefficient (Wildman–Crippen LogP) is 2.75. The summed E-state index contributed by atoms with van der Waals surface area (Å²) in [6.45, 7) is 5.43. The van der Waals surface area contributed by atoms with E-state index >= 15 is 0 Å². The van der Waals surface area contributed by atoms with Gasteiger partial charge in [0.05, 0.1) is 4.88 Å². The van der Waals surface area contributed by atoms with Crippen LogP contribution in [0.4, 0.5) is 0 Å². The maximum atomic E-state index is 11.4. The zero-order valence-electron chi connectivity index (χ0n) is 6.41. The second-order valence-corrected chi connectivity index (χ2v) is 3.31. The van der Waals surface area contributed by atoms with Crippen LogP contribution in [-0.2, 0) is 0 Å². The molecule has 0 bridgehead atoms. The number of allylic oxidation sites excluding steroid dienone is 1. The SMILES string of the molecule is C=CC(C)C(=O)c1cccs1. The molecule has 2 heteroatoms. The average molecular weight is 166 g/mol. The molecule has 0 aliphatic carbocycles. The average Bonchev–Trinajstić information content (AvgIpc) is 2.53. The Morgan fingerprint density at radius 2 is 2.55 bits per heavy atom. The predicted molar refractivity (Wildman–Crippen MR) is 48.0 cm³/mol. The number of hydrogen-bond donors (Lipinski definition) is 0. The molecule has 1 atom stereocenters. The molecule has 0 aromatic carbocycles. The Morgan fingerprint density at radius 3 is 3.00 bits per heavy atom. The van der Waals surface area contributed by atoms with Crippen LogP contribution in [0.5, 0.6) is 0 Å². The van der Waals surface area contributed by atoms with Crippen molar-refractivity contribution in [1.82, 2.24) is 0 Å². The molecule has 1 nitrogen and oxygen atoms in total. The third-order valence-electron chi connectivity index (χ3n) is 1.53. The number of rotatable bonds is 3. The number of thiophene rings is 1. The van der Waals surface area contributed by atoms with Gasteiger partial charge in [0.15, 0.2) is 5.78 Å². The highest BCUT2D eigenvalue weighted by atomic mass is 32.1. The molecule has 1 unspecified atom stereocenters. The van der Waals surface area contributed by atoms with Crippen molar-refractivity contribution in [2.75, 3.05) is 0 Å². The lowest BCUT2D eigenvalue weighted by Crippen LogP contribution is -2.05. The minimum absolute atomic E-state index is 0.0614. The van der Waals surface area contributed by atoms with Gasteiger partial charge in [0.1, 0.15) is 0 Å². The first-order chi connectivity index (χ1) is 5.25. The fourth-order valence-corrected chi connectivity index (χ4v) is 1.51. The molecule has 0 saturated heterocycles. The molecule has 0 radical (unpaired) electrons. The fraction of sp³-hybridized carbons (Fsp3) is 0.222. The summed E-state index contributed by atoms with van der Waals surface area (Å²) < 4.78 is 0. The summed E-state index contributed by atoms with van der Waals surface area (Å²) in [5.74, 6) is 0.101. The van der Waals surface area contributed by atoms with Crippen LogP contribution in [0.1, 0.15) is 16.6 Å². The first kappa shape index (κ1) is 8.21. The van der Waals surface area contributed by atoms with Crippen LogP contribution in [0.25, 0.3) is 0 Å². The van der Waals surface area contributed by atoms with Crippen LogP contribution in [0, 0.1) is 5.92 Å². The third kappa shape index (κ3) is 1.77. The van der Waals surface area contributed by atoms with Gasteiger partial charge in [-0.05, 0) is 11.4 Å². The van der Waals surface area contributed by atoms with Crippen molar-refractivity contribution in [1.29, 1.82) is 0 Å². The smallest absolute Gasteiger partial charge is 0.179 e. The molecule has 0 aliphatic rings. The Hall–Kier alpha value is -0.890. The summed E-state index contributed by atoms with van der Waals surface area (Å²) in [5, 5.41) is 1.91. The number of hydrogen-bond acceptors (Lipinski definition) is 2. The van der Waals surface area contributed by atoms with E-state index in [0.717, 1.165) is 4.88 Å². The van der Waals surface area contributed by atoms with Gasteiger partial charge in [-0.15, -0.1) is 17.9 Å². The molecule has 0 saturated carbocycles. The van der Waals surface area contributed by atoms with Gasteiger partial charge in [0, 0.05) is 5.92 Å². The Kier molecular flexibility index (Phi) is 2.60. The molecule has 0 spiro atoms. The van der Waals surface area contributed by atoms with E-state index in [0.29, 0.717) is 0 Å². The maximum absolute atomic E-state index is 11.4. The molecule has 1 aromatic heterocycles. The molecule has 1 rings (SSSR count). The van der Waals surface area contributed by atoms with Gasteiger partial charge < -0.3 is 0 Å². The summed E-state index contributed by atoms with van der Waals surface area (Å²) in [7, 11) is 0. The van der Waals surface area contributed by atoms with E-state index in [1.54, 1.807) is 6.08 Å². The van der Waals surface area contributed by atoms with Crippen LogP contribution >= 0.6 is 11.3 Å². The van der Waals surface area contributed by atoms with E-state index in [1.807, 2.05) is 24.4 Å². The highest BCUT2D eigenvalue weighted by Gasteiger charge is 2.11. The van der Waals surface area contributed by atoms with E-state index in [4.69, 9.17) is 0 Å². The van der Waals surface area contributed by atoms with Gasteiger partial charge in [0.25, 0.3) is 0 Å². The number of carbonyl (C=O) groups is 1.